The van der Waals surface area contributed by atoms with Crippen molar-refractivity contribution in [1.82, 2.24) is 0 Å². The highest BCUT2D eigenvalue weighted by Crippen LogP contribution is 2.49. The summed E-state index contributed by atoms with van der Waals surface area (Å²) in [5.74, 6) is -1.65. The lowest BCUT2D eigenvalue weighted by atomic mass is 9.76. The molecule has 5 aromatic carbocycles. The van der Waals surface area contributed by atoms with Crippen LogP contribution < -0.4 is 4.74 Å². The highest BCUT2D eigenvalue weighted by atomic mass is 19.1. The van der Waals surface area contributed by atoms with Crippen molar-refractivity contribution in [1.29, 1.82) is 0 Å². The summed E-state index contributed by atoms with van der Waals surface area (Å²) in [7, 11) is 0. The van der Waals surface area contributed by atoms with Gasteiger partial charge in [0.25, 0.3) is 0 Å². The van der Waals surface area contributed by atoms with Crippen molar-refractivity contribution in [3.8, 4) is 5.75 Å². The van der Waals surface area contributed by atoms with Crippen LogP contribution in [-0.4, -0.2) is 35.6 Å². The van der Waals surface area contributed by atoms with Crippen molar-refractivity contribution < 1.29 is 33.2 Å². The van der Waals surface area contributed by atoms with Crippen molar-refractivity contribution >= 4 is 0 Å². The zero-order valence-electron chi connectivity index (χ0n) is 31.7. The maximum Gasteiger partial charge on any atom is 0.223 e. The van der Waals surface area contributed by atoms with E-state index in [2.05, 4.69) is 13.8 Å². The average Bonchev–Trinajstić information content (AvgIpc) is 3.21. The number of ether oxygens (including phenoxy) is 5. The van der Waals surface area contributed by atoms with E-state index in [-0.39, 0.29) is 19.0 Å². The summed E-state index contributed by atoms with van der Waals surface area (Å²) in [5, 5.41) is 13.3. The molecule has 0 saturated carbocycles. The first-order chi connectivity index (χ1) is 26.4. The molecule has 0 bridgehead atoms. The minimum Gasteiger partial charge on any atom is -0.494 e. The van der Waals surface area contributed by atoms with Crippen LogP contribution in [0.25, 0.3) is 0 Å². The third-order valence-corrected chi connectivity index (χ3v) is 10.3. The first kappa shape index (κ1) is 39.3. The van der Waals surface area contributed by atoms with Gasteiger partial charge in [-0.05, 0) is 71.8 Å². The Morgan fingerprint density at radius 1 is 0.648 bits per heavy atom. The third kappa shape index (κ3) is 9.46. The zero-order chi connectivity index (χ0) is 37.8. The van der Waals surface area contributed by atoms with Gasteiger partial charge in [-0.15, -0.1) is 0 Å². The molecule has 6 rings (SSSR count). The fourth-order valence-corrected chi connectivity index (χ4v) is 7.39. The molecule has 1 heterocycles. The smallest absolute Gasteiger partial charge is 0.223 e. The van der Waals surface area contributed by atoms with E-state index in [0.717, 1.165) is 40.8 Å². The molecule has 54 heavy (non-hydrogen) atoms. The highest BCUT2D eigenvalue weighted by molar-refractivity contribution is 5.36. The number of aliphatic hydroxyl groups is 1. The second-order valence-corrected chi connectivity index (χ2v) is 14.1. The summed E-state index contributed by atoms with van der Waals surface area (Å²) in [6.07, 6.45) is 0.736. The van der Waals surface area contributed by atoms with Crippen LogP contribution >= 0.6 is 0 Å². The Balaban J connectivity index is 1.45. The number of unbranched alkanes of at least 4 members (excludes halogenated alkanes) is 1. The van der Waals surface area contributed by atoms with Gasteiger partial charge >= 0.3 is 0 Å². The van der Waals surface area contributed by atoms with Gasteiger partial charge in [0.1, 0.15) is 35.5 Å². The number of hydrogen-bond donors (Lipinski definition) is 1. The monoisotopic (exact) mass is 732 g/mol. The first-order valence-electron chi connectivity index (χ1n) is 19.3. The van der Waals surface area contributed by atoms with E-state index in [1.165, 1.54) is 6.07 Å². The molecule has 0 radical (unpaired) electrons. The maximum atomic E-state index is 15.7. The molecule has 1 aliphatic rings. The van der Waals surface area contributed by atoms with Crippen LogP contribution in [0, 0.1) is 5.82 Å². The fraction of sp³-hybridized carbons (Fsp3) is 0.362. The number of halogens is 1. The van der Waals surface area contributed by atoms with E-state index >= 15 is 4.39 Å². The lowest BCUT2D eigenvalue weighted by Gasteiger charge is -2.56. The SMILES string of the molecule is CCCCC1(CC)OC(O)(c2ccc(F)c(Cc3ccc(OCC)cc3)c2)C(OCc2ccccc2)C(OCc2ccccc2)C1OCc1ccccc1. The second-order valence-electron chi connectivity index (χ2n) is 14.1. The Morgan fingerprint density at radius 2 is 1.20 bits per heavy atom. The lowest BCUT2D eigenvalue weighted by Crippen LogP contribution is -2.70. The Kier molecular flexibility index (Phi) is 13.7. The second kappa shape index (κ2) is 18.8. The molecule has 0 spiro atoms. The molecule has 5 unspecified atom stereocenters. The molecule has 0 aromatic heterocycles. The molecule has 6 nitrogen and oxygen atoms in total. The fourth-order valence-electron chi connectivity index (χ4n) is 7.39. The third-order valence-electron chi connectivity index (χ3n) is 10.3. The molecule has 7 heteroatoms. The van der Waals surface area contributed by atoms with E-state index < -0.39 is 29.7 Å². The summed E-state index contributed by atoms with van der Waals surface area (Å²) in [5.41, 5.74) is 3.68. The summed E-state index contributed by atoms with van der Waals surface area (Å²) < 4.78 is 49.1. The lowest BCUT2D eigenvalue weighted by molar-refractivity contribution is -0.405. The van der Waals surface area contributed by atoms with E-state index in [1.807, 2.05) is 122 Å². The highest BCUT2D eigenvalue weighted by Gasteiger charge is 2.62. The number of hydrogen-bond acceptors (Lipinski definition) is 6. The van der Waals surface area contributed by atoms with Crippen LogP contribution in [-0.2, 0) is 51.0 Å². The molecule has 5 aromatic rings. The molecule has 1 aliphatic heterocycles. The predicted molar refractivity (Wildman–Crippen MR) is 209 cm³/mol. The predicted octanol–water partition coefficient (Wildman–Crippen LogP) is 10.1. The quantitative estimate of drug-likeness (QED) is 0.0968. The van der Waals surface area contributed by atoms with E-state index in [0.29, 0.717) is 43.6 Å². The molecule has 1 saturated heterocycles. The van der Waals surface area contributed by atoms with Crippen molar-refractivity contribution in [2.24, 2.45) is 0 Å². The Labute approximate surface area is 319 Å². The van der Waals surface area contributed by atoms with Crippen LogP contribution in [0.1, 0.15) is 79.8 Å². The van der Waals surface area contributed by atoms with Gasteiger partial charge in [0.05, 0.1) is 26.4 Å². The van der Waals surface area contributed by atoms with Gasteiger partial charge in [-0.1, -0.05) is 136 Å². The summed E-state index contributed by atoms with van der Waals surface area (Å²) in [4.78, 5) is 0. The molecule has 1 N–H and O–H groups in total. The van der Waals surface area contributed by atoms with Gasteiger partial charge in [-0.3, -0.25) is 0 Å². The van der Waals surface area contributed by atoms with Crippen molar-refractivity contribution in [2.75, 3.05) is 6.61 Å². The Hall–Kier alpha value is -4.37. The molecule has 0 aliphatic carbocycles. The van der Waals surface area contributed by atoms with Crippen LogP contribution in [0.15, 0.2) is 133 Å². The van der Waals surface area contributed by atoms with Gasteiger partial charge in [-0.2, -0.15) is 0 Å². The van der Waals surface area contributed by atoms with Gasteiger partial charge in [0.2, 0.25) is 5.79 Å². The van der Waals surface area contributed by atoms with Crippen LogP contribution in [0.4, 0.5) is 4.39 Å². The van der Waals surface area contributed by atoms with Crippen LogP contribution in [0.3, 0.4) is 0 Å². The first-order valence-corrected chi connectivity index (χ1v) is 19.3. The molecule has 1 fully saturated rings. The van der Waals surface area contributed by atoms with Gasteiger partial charge in [0, 0.05) is 12.0 Å². The van der Waals surface area contributed by atoms with Crippen LogP contribution in [0.5, 0.6) is 5.75 Å². The number of benzene rings is 5. The summed E-state index contributed by atoms with van der Waals surface area (Å²) in [6, 6.07) is 42.2. The van der Waals surface area contributed by atoms with Gasteiger partial charge in [0.15, 0.2) is 0 Å². The van der Waals surface area contributed by atoms with Crippen LogP contribution in [0.2, 0.25) is 0 Å². The largest absolute Gasteiger partial charge is 0.494 e. The summed E-state index contributed by atoms with van der Waals surface area (Å²) in [6.45, 7) is 7.47. The molecule has 284 valence electrons. The Bertz CT molecular complexity index is 1850. The topological polar surface area (TPSA) is 66.4 Å². The minimum atomic E-state index is -2.03. The molecular weight excluding hydrogens is 680 g/mol. The van der Waals surface area contributed by atoms with Crippen molar-refractivity contribution in [3.63, 3.8) is 0 Å². The summed E-state index contributed by atoms with van der Waals surface area (Å²) >= 11 is 0. The standard InChI is InChI=1S/C47H53FO6/c1-4-7-29-46(5-2)44(52-33-37-19-13-9-14-20-37)43(51-32-36-17-11-8-12-18-36)45(53-34-38-21-15-10-16-22-38)47(49,54-46)40-25-28-42(48)39(31-40)30-35-23-26-41(27-24-35)50-6-3/h8-28,31,43-45,49H,4-7,29-30,32-34H2,1-3H3. The van der Waals surface area contributed by atoms with Crippen molar-refractivity contribution in [3.05, 3.63) is 173 Å². The number of rotatable bonds is 18. The molecule has 0 amide bonds. The normalized spacial score (nSPS) is 22.6. The van der Waals surface area contributed by atoms with Gasteiger partial charge < -0.3 is 28.8 Å². The van der Waals surface area contributed by atoms with E-state index in [9.17, 15) is 5.11 Å². The van der Waals surface area contributed by atoms with E-state index in [1.54, 1.807) is 12.1 Å². The average molecular weight is 733 g/mol. The minimum absolute atomic E-state index is 0.183. The van der Waals surface area contributed by atoms with Crippen molar-refractivity contribution in [2.45, 2.75) is 102 Å². The van der Waals surface area contributed by atoms with Gasteiger partial charge in [-0.25, -0.2) is 4.39 Å². The maximum absolute atomic E-state index is 15.7. The Morgan fingerprint density at radius 3 is 1.74 bits per heavy atom. The van der Waals surface area contributed by atoms with E-state index in [4.69, 9.17) is 23.7 Å². The molecular formula is C47H53FO6. The molecule has 5 atom stereocenters. The zero-order valence-corrected chi connectivity index (χ0v) is 31.7.